The summed E-state index contributed by atoms with van der Waals surface area (Å²) in [5, 5.41) is 53.1. The molecule has 8 bridgehead atoms. The third-order valence-electron chi connectivity index (χ3n) is 19.3. The number of hydrogen-bond donors (Lipinski definition) is 6. The number of halogens is 4. The molecule has 2 aromatic carbocycles. The van der Waals surface area contributed by atoms with Crippen molar-refractivity contribution in [3.8, 4) is 0 Å². The van der Waals surface area contributed by atoms with E-state index in [-0.39, 0.29) is 66.7 Å². The fourth-order valence-electron chi connectivity index (χ4n) is 14.3. The molecule has 87 heavy (non-hydrogen) atoms. The first-order valence-corrected chi connectivity index (χ1v) is 34.3. The zero-order valence-corrected chi connectivity index (χ0v) is 54.2. The number of ketones is 1. The van der Waals surface area contributed by atoms with Gasteiger partial charge in [-0.05, 0) is 122 Å². The van der Waals surface area contributed by atoms with Gasteiger partial charge >= 0.3 is 11.9 Å². The predicted molar refractivity (Wildman–Crippen MR) is 325 cm³/mol. The van der Waals surface area contributed by atoms with Gasteiger partial charge in [0.2, 0.25) is 0 Å². The smallest absolute Gasteiger partial charge is 0.312 e. The summed E-state index contributed by atoms with van der Waals surface area (Å²) in [6.07, 6.45) is 6.92. The first-order chi connectivity index (χ1) is 40.8. The number of aliphatic hydroxyl groups is 6. The molecular weight excluding hydrogens is 1170 g/mol. The van der Waals surface area contributed by atoms with Crippen molar-refractivity contribution in [2.24, 2.45) is 57.2 Å². The van der Waals surface area contributed by atoms with Crippen LogP contribution < -0.4 is 0 Å². The van der Waals surface area contributed by atoms with Gasteiger partial charge in [-0.15, -0.1) is 0 Å². The maximum absolute atomic E-state index is 13.1. The van der Waals surface area contributed by atoms with Crippen LogP contribution in [0.2, 0.25) is 0 Å². The Morgan fingerprint density at radius 1 is 0.529 bits per heavy atom. The SMILES string of the molecule is CC(C)(C)c1ccc([S+]2CCOCC2)cc1.CC(C)(C)c1ccc([S+]2CCOCC2)cc1.CC(F)(F)COC(=O)C12CC3CC(C1)C(=O)C(C3)C2.CC(F)(F)COC(=O)C12CC3CC(C1)C1(OCC(CO)(CO)CO1)C(C3)C2.OCC(CO)(CO)CO. The Kier molecular flexibility index (Phi) is 24.1. The van der Waals surface area contributed by atoms with Crippen LogP contribution >= 0.6 is 0 Å². The van der Waals surface area contributed by atoms with Crippen molar-refractivity contribution in [3.05, 3.63) is 59.7 Å². The average molecular weight is 1270 g/mol. The molecule has 3 aliphatic heterocycles. The maximum atomic E-state index is 13.1. The lowest BCUT2D eigenvalue weighted by atomic mass is 9.47. The lowest BCUT2D eigenvalue weighted by molar-refractivity contribution is -0.391. The molecule has 0 amide bonds. The van der Waals surface area contributed by atoms with Crippen molar-refractivity contribution in [1.29, 1.82) is 0 Å². The van der Waals surface area contributed by atoms with Gasteiger partial charge in [0.1, 0.15) is 28.8 Å². The van der Waals surface area contributed by atoms with E-state index in [1.54, 1.807) is 0 Å². The van der Waals surface area contributed by atoms with Gasteiger partial charge in [0.25, 0.3) is 11.8 Å². The largest absolute Gasteiger partial charge is 0.459 e. The van der Waals surface area contributed by atoms with E-state index >= 15 is 0 Å². The Morgan fingerprint density at radius 2 is 0.874 bits per heavy atom. The normalized spacial score (nSPS) is 29.1. The minimum Gasteiger partial charge on any atom is -0.459 e. The fourth-order valence-corrected chi connectivity index (χ4v) is 18.0. The van der Waals surface area contributed by atoms with Crippen LogP contribution in [-0.2, 0) is 75.4 Å². The van der Waals surface area contributed by atoms with Gasteiger partial charge in [0.15, 0.2) is 28.8 Å². The second-order valence-corrected chi connectivity index (χ2v) is 33.3. The molecule has 4 atom stereocenters. The van der Waals surface area contributed by atoms with Gasteiger partial charge in [0.05, 0.1) is 101 Å². The third kappa shape index (κ3) is 17.8. The highest BCUT2D eigenvalue weighted by atomic mass is 32.2. The molecule has 11 aliphatic rings. The van der Waals surface area contributed by atoms with E-state index in [1.165, 1.54) is 43.9 Å². The van der Waals surface area contributed by atoms with Gasteiger partial charge in [-0.2, -0.15) is 0 Å². The minimum absolute atomic E-state index is 0.00572. The molecule has 6 N–H and O–H groups in total. The van der Waals surface area contributed by atoms with Gasteiger partial charge in [0, 0.05) is 59.3 Å². The number of ether oxygens (including phenoxy) is 6. The second-order valence-electron chi connectivity index (χ2n) is 28.8. The van der Waals surface area contributed by atoms with Crippen LogP contribution in [-0.4, -0.2) is 182 Å². The third-order valence-corrected chi connectivity index (χ3v) is 23.8. The summed E-state index contributed by atoms with van der Waals surface area (Å²) >= 11 is 0. The van der Waals surface area contributed by atoms with Crippen LogP contribution in [0.3, 0.4) is 0 Å². The number of carbonyl (C=O) groups is 3. The Bertz CT molecular complexity index is 2390. The van der Waals surface area contributed by atoms with E-state index in [1.807, 2.05) is 0 Å². The van der Waals surface area contributed by atoms with Crippen LogP contribution in [0, 0.1) is 57.2 Å². The first kappa shape index (κ1) is 71.5. The van der Waals surface area contributed by atoms with Gasteiger partial charge < -0.3 is 59.1 Å². The molecular formula is C66H100F4O15S2+2. The van der Waals surface area contributed by atoms with Crippen LogP contribution in [0.25, 0.3) is 0 Å². The monoisotopic (exact) mass is 1270 g/mol. The summed E-state index contributed by atoms with van der Waals surface area (Å²) in [4.78, 5) is 39.9. The predicted octanol–water partition coefficient (Wildman–Crippen LogP) is 8.23. The lowest BCUT2D eigenvalue weighted by Crippen LogP contribution is -2.68. The molecule has 13 rings (SSSR count). The summed E-state index contributed by atoms with van der Waals surface area (Å²) in [7, 11) is 0.864. The number of carbonyl (C=O) groups excluding carboxylic acids is 3. The highest BCUT2D eigenvalue weighted by Gasteiger charge is 2.68. The van der Waals surface area contributed by atoms with Crippen molar-refractivity contribution >= 4 is 39.5 Å². The Labute approximate surface area is 518 Å². The molecule has 11 fully saturated rings. The average Bonchev–Trinajstić information content (AvgIpc) is 2.49. The van der Waals surface area contributed by atoms with E-state index in [9.17, 15) is 42.2 Å². The molecule has 8 saturated carbocycles. The molecule has 2 aromatic rings. The molecule has 492 valence electrons. The Balaban J connectivity index is 0.000000162. The summed E-state index contributed by atoms with van der Waals surface area (Å²) in [6, 6.07) is 18.4. The van der Waals surface area contributed by atoms with Crippen molar-refractivity contribution in [2.45, 2.75) is 158 Å². The zero-order chi connectivity index (χ0) is 63.9. The van der Waals surface area contributed by atoms with Crippen molar-refractivity contribution in [3.63, 3.8) is 0 Å². The molecule has 4 unspecified atom stereocenters. The molecule has 3 heterocycles. The molecule has 0 aromatic heterocycles. The van der Waals surface area contributed by atoms with Crippen LogP contribution in [0.15, 0.2) is 58.3 Å². The van der Waals surface area contributed by atoms with Crippen LogP contribution in [0.5, 0.6) is 0 Å². The molecule has 15 nitrogen and oxygen atoms in total. The Morgan fingerprint density at radius 3 is 1.18 bits per heavy atom. The molecule has 0 radical (unpaired) electrons. The number of rotatable bonds is 14. The number of benzene rings is 2. The van der Waals surface area contributed by atoms with E-state index in [0.29, 0.717) is 72.2 Å². The highest BCUT2D eigenvalue weighted by molar-refractivity contribution is 7.97. The van der Waals surface area contributed by atoms with Crippen molar-refractivity contribution in [1.82, 2.24) is 0 Å². The zero-order valence-electron chi connectivity index (χ0n) is 52.6. The molecule has 21 heteroatoms. The molecule has 1 spiro atoms. The van der Waals surface area contributed by atoms with Crippen molar-refractivity contribution in [2.75, 3.05) is 116 Å². The minimum atomic E-state index is -3.04. The Hall–Kier alpha value is -2.93. The second kappa shape index (κ2) is 29.4. The quantitative estimate of drug-likeness (QED) is 0.0595. The summed E-state index contributed by atoms with van der Waals surface area (Å²) < 4.78 is 84.8. The van der Waals surface area contributed by atoms with Gasteiger partial charge in [-0.3, -0.25) is 14.4 Å². The topological polar surface area (TPSA) is 228 Å². The van der Waals surface area contributed by atoms with Crippen LogP contribution in [0.1, 0.15) is 131 Å². The number of hydrogen-bond acceptors (Lipinski definition) is 15. The van der Waals surface area contributed by atoms with E-state index in [2.05, 4.69) is 90.1 Å². The summed E-state index contributed by atoms with van der Waals surface area (Å²) in [6.45, 7) is 15.4. The summed E-state index contributed by atoms with van der Waals surface area (Å²) in [5.74, 6) is -2.13. The van der Waals surface area contributed by atoms with E-state index in [4.69, 9.17) is 48.8 Å². The van der Waals surface area contributed by atoms with E-state index in [0.717, 1.165) is 66.0 Å². The van der Waals surface area contributed by atoms with E-state index < -0.39 is 90.9 Å². The lowest BCUT2D eigenvalue weighted by Gasteiger charge is -2.64. The van der Waals surface area contributed by atoms with Gasteiger partial charge in [-0.25, -0.2) is 17.6 Å². The molecule has 3 saturated heterocycles. The van der Waals surface area contributed by atoms with Crippen LogP contribution in [0.4, 0.5) is 17.6 Å². The fraction of sp³-hybridized carbons (Fsp3) is 0.773. The highest BCUT2D eigenvalue weighted by Crippen LogP contribution is 2.66. The number of aliphatic hydroxyl groups excluding tert-OH is 6. The summed E-state index contributed by atoms with van der Waals surface area (Å²) in [5.41, 5.74) is 0.0802. The first-order valence-electron chi connectivity index (χ1n) is 31.1. The number of Topliss-reactive ketones (excluding diaryl/α,β-unsaturated/α-hetero) is 1. The maximum Gasteiger partial charge on any atom is 0.312 e. The standard InChI is InChI=1S/C19H28F2O6.C14H18F2O3.2C14H21OS.C5H12O4/c1-16(20,21)9-25-15(24)18-4-12-2-13(5-18)19(14(3-12)6-18)26-10-17(7-22,8-23)11-27-19;1-13(15,16)7-19-12(18)14-4-8-2-9(5-14)11(17)10(3-8)6-14;2*1-14(2,3)12-4-6-13(7-5-12)16-10-8-15-9-11-16;6-1-5(2-7,3-8)4-9/h12-14,22-23H,2-11H2,1H3;8-10H,2-7H2,1H3;2*4-7H,8-11H2,1-3H3;6-9H,1-4H2/q;;2*+1;. The number of esters is 2. The van der Waals surface area contributed by atoms with Crippen molar-refractivity contribution < 1.29 is 91.0 Å². The number of alkyl halides is 4. The molecule has 8 aliphatic carbocycles. The van der Waals surface area contributed by atoms with Gasteiger partial charge in [-0.1, -0.05) is 65.8 Å².